The summed E-state index contributed by atoms with van der Waals surface area (Å²) >= 11 is 0. The van der Waals surface area contributed by atoms with Crippen molar-refractivity contribution in [1.29, 1.82) is 0 Å². The summed E-state index contributed by atoms with van der Waals surface area (Å²) in [5, 5.41) is 0. The van der Waals surface area contributed by atoms with Gasteiger partial charge in [-0.15, -0.1) is 0 Å². The summed E-state index contributed by atoms with van der Waals surface area (Å²) in [7, 11) is 1.15. The number of alkyl halides is 3. The van der Waals surface area contributed by atoms with Crippen LogP contribution in [0.15, 0.2) is 17.1 Å². The second kappa shape index (κ2) is 10.6. The third-order valence-electron chi connectivity index (χ3n) is 5.73. The molecule has 0 spiro atoms. The quantitative estimate of drug-likeness (QED) is 0.379. The predicted octanol–water partition coefficient (Wildman–Crippen LogP) is 6.19. The first-order valence-electron chi connectivity index (χ1n) is 11.1. The summed E-state index contributed by atoms with van der Waals surface area (Å²) < 4.78 is 50.5. The molecule has 1 aromatic rings. The number of amides is 1. The molecule has 0 N–H and O–H groups in total. The Kier molecular flexibility index (Phi) is 8.54. The number of nitrogens with zero attached hydrogens (tertiary/aromatic N) is 2. The lowest BCUT2D eigenvalue weighted by molar-refractivity contribution is -0.137. The summed E-state index contributed by atoms with van der Waals surface area (Å²) in [6.45, 7) is 9.33. The Morgan fingerprint density at radius 2 is 1.76 bits per heavy atom. The highest BCUT2D eigenvalue weighted by molar-refractivity contribution is 5.93. The van der Waals surface area contributed by atoms with Gasteiger partial charge in [-0.2, -0.15) is 18.2 Å². The number of hydrogen-bond acceptors (Lipinski definition) is 5. The number of hydrogen-bond donors (Lipinski definition) is 0. The fourth-order valence-corrected chi connectivity index (χ4v) is 4.13. The minimum atomic E-state index is -4.58. The van der Waals surface area contributed by atoms with Gasteiger partial charge in [0.15, 0.2) is 0 Å². The van der Waals surface area contributed by atoms with Crippen LogP contribution >= 0.6 is 0 Å². The van der Waals surface area contributed by atoms with Gasteiger partial charge in [-0.1, -0.05) is 0 Å². The standard InChI is InChI=1S/C24H33F3N2O4/c1-7-29(18-10-8-16(9-11-18)14-28-22(31)33-23(3,4)5)20-13-17(24(25,26)27)12-19(15(20)2)21(30)32-6/h12-14,16,18H,7-11H2,1-6H3. The van der Waals surface area contributed by atoms with E-state index < -0.39 is 29.4 Å². The van der Waals surface area contributed by atoms with E-state index in [4.69, 9.17) is 9.47 Å². The van der Waals surface area contributed by atoms with Gasteiger partial charge in [-0.05, 0) is 83.9 Å². The van der Waals surface area contributed by atoms with Crippen molar-refractivity contribution in [1.82, 2.24) is 0 Å². The first-order valence-corrected chi connectivity index (χ1v) is 11.1. The molecule has 1 fully saturated rings. The Bertz CT molecular complexity index is 883. The number of rotatable bonds is 5. The minimum Gasteiger partial charge on any atom is -0.465 e. The van der Waals surface area contributed by atoms with E-state index in [1.807, 2.05) is 11.8 Å². The van der Waals surface area contributed by atoms with Gasteiger partial charge in [-0.25, -0.2) is 9.59 Å². The number of carbonyl (C=O) groups excluding carboxylic acids is 2. The number of carbonyl (C=O) groups is 2. The molecule has 9 heteroatoms. The predicted molar refractivity (Wildman–Crippen MR) is 121 cm³/mol. The van der Waals surface area contributed by atoms with Gasteiger partial charge >= 0.3 is 18.2 Å². The maximum absolute atomic E-state index is 13.5. The highest BCUT2D eigenvalue weighted by Crippen LogP contribution is 2.38. The van der Waals surface area contributed by atoms with Crippen molar-refractivity contribution < 1.29 is 32.2 Å². The van der Waals surface area contributed by atoms with Crippen LogP contribution in [0.1, 0.15) is 74.9 Å². The maximum Gasteiger partial charge on any atom is 0.433 e. The van der Waals surface area contributed by atoms with E-state index in [1.54, 1.807) is 33.9 Å². The third kappa shape index (κ3) is 7.20. The first-order chi connectivity index (χ1) is 15.3. The average molecular weight is 471 g/mol. The highest BCUT2D eigenvalue weighted by atomic mass is 19.4. The van der Waals surface area contributed by atoms with E-state index in [-0.39, 0.29) is 17.5 Å². The van der Waals surface area contributed by atoms with Crippen molar-refractivity contribution >= 4 is 24.0 Å². The monoisotopic (exact) mass is 470 g/mol. The number of methoxy groups -OCH3 is 1. The zero-order valence-corrected chi connectivity index (χ0v) is 20.1. The number of benzene rings is 1. The van der Waals surface area contributed by atoms with Crippen LogP contribution in [0, 0.1) is 12.8 Å². The Hall–Kier alpha value is -2.58. The van der Waals surface area contributed by atoms with Crippen LogP contribution in [0.5, 0.6) is 0 Å². The molecule has 6 nitrogen and oxygen atoms in total. The molecular weight excluding hydrogens is 437 g/mol. The zero-order valence-electron chi connectivity index (χ0n) is 20.1. The smallest absolute Gasteiger partial charge is 0.433 e. The van der Waals surface area contributed by atoms with Gasteiger partial charge < -0.3 is 14.4 Å². The lowest BCUT2D eigenvalue weighted by atomic mass is 9.85. The Labute approximate surface area is 193 Å². The number of ether oxygens (including phenoxy) is 2. The van der Waals surface area contributed by atoms with Gasteiger partial charge in [-0.3, -0.25) is 0 Å². The molecule has 184 valence electrons. The molecule has 0 bridgehead atoms. The fraction of sp³-hybridized carbons (Fsp3) is 0.625. The number of esters is 1. The number of halogens is 3. The second-order valence-electron chi connectivity index (χ2n) is 9.27. The second-order valence-corrected chi connectivity index (χ2v) is 9.27. The number of aliphatic imine (C=N–C) groups is 1. The molecule has 1 aliphatic rings. The van der Waals surface area contributed by atoms with Crippen LogP contribution in [-0.4, -0.2) is 43.6 Å². The van der Waals surface area contributed by atoms with Crippen molar-refractivity contribution in [3.05, 3.63) is 28.8 Å². The van der Waals surface area contributed by atoms with Crippen LogP contribution < -0.4 is 4.90 Å². The molecule has 0 atom stereocenters. The minimum absolute atomic E-state index is 0.00820. The summed E-state index contributed by atoms with van der Waals surface area (Å²) in [6.07, 6.45) is -0.657. The molecule has 2 rings (SSSR count). The van der Waals surface area contributed by atoms with E-state index in [2.05, 4.69) is 4.99 Å². The summed E-state index contributed by atoms with van der Waals surface area (Å²) in [4.78, 5) is 29.8. The summed E-state index contributed by atoms with van der Waals surface area (Å²) in [6, 6.07) is 1.97. The molecule has 0 heterocycles. The normalized spacial score (nSPS) is 19.4. The summed E-state index contributed by atoms with van der Waals surface area (Å²) in [5.41, 5.74) is -0.720. The molecule has 33 heavy (non-hydrogen) atoms. The topological polar surface area (TPSA) is 68.2 Å². The molecule has 0 saturated heterocycles. The lowest BCUT2D eigenvalue weighted by Gasteiger charge is -2.38. The van der Waals surface area contributed by atoms with Crippen molar-refractivity contribution in [3.63, 3.8) is 0 Å². The first kappa shape index (κ1) is 26.7. The largest absolute Gasteiger partial charge is 0.465 e. The van der Waals surface area contributed by atoms with E-state index >= 15 is 0 Å². The van der Waals surface area contributed by atoms with Gasteiger partial charge in [0, 0.05) is 24.5 Å². The van der Waals surface area contributed by atoms with Gasteiger partial charge in [0.25, 0.3) is 0 Å². The van der Waals surface area contributed by atoms with E-state index in [0.717, 1.165) is 44.9 Å². The Morgan fingerprint density at radius 1 is 1.15 bits per heavy atom. The van der Waals surface area contributed by atoms with Gasteiger partial charge in [0.2, 0.25) is 0 Å². The fourth-order valence-electron chi connectivity index (χ4n) is 4.13. The molecule has 0 unspecified atom stereocenters. The SMILES string of the molecule is CCN(c1cc(C(F)(F)F)cc(C(=O)OC)c1C)C1CCC(C=NC(=O)OC(C)(C)C)CC1. The third-order valence-corrected chi connectivity index (χ3v) is 5.73. The van der Waals surface area contributed by atoms with Crippen LogP contribution in [0.4, 0.5) is 23.7 Å². The van der Waals surface area contributed by atoms with E-state index in [0.29, 0.717) is 17.8 Å². The maximum atomic E-state index is 13.5. The van der Waals surface area contributed by atoms with Crippen molar-refractivity contribution in [2.75, 3.05) is 18.6 Å². The molecule has 0 aliphatic heterocycles. The zero-order chi connectivity index (χ0) is 25.0. The summed E-state index contributed by atoms with van der Waals surface area (Å²) in [5.74, 6) is -0.696. The van der Waals surface area contributed by atoms with Crippen molar-refractivity contribution in [2.24, 2.45) is 10.9 Å². The van der Waals surface area contributed by atoms with Crippen LogP contribution in [0.2, 0.25) is 0 Å². The number of anilines is 1. The van der Waals surface area contributed by atoms with Gasteiger partial charge in [0.1, 0.15) is 5.60 Å². The molecule has 1 aromatic carbocycles. The van der Waals surface area contributed by atoms with Crippen molar-refractivity contribution in [3.8, 4) is 0 Å². The molecule has 1 amide bonds. The average Bonchev–Trinajstić information content (AvgIpc) is 2.72. The molecule has 1 aliphatic carbocycles. The molecule has 1 saturated carbocycles. The highest BCUT2D eigenvalue weighted by Gasteiger charge is 2.35. The van der Waals surface area contributed by atoms with Gasteiger partial charge in [0.05, 0.1) is 18.2 Å². The van der Waals surface area contributed by atoms with E-state index in [9.17, 15) is 22.8 Å². The molecule has 0 radical (unpaired) electrons. The van der Waals surface area contributed by atoms with Crippen molar-refractivity contribution in [2.45, 2.75) is 78.1 Å². The van der Waals surface area contributed by atoms with Crippen LogP contribution in [-0.2, 0) is 15.7 Å². The Balaban J connectivity index is 2.21. The molecule has 0 aromatic heterocycles. The molecular formula is C24H33F3N2O4. The lowest BCUT2D eigenvalue weighted by Crippen LogP contribution is -2.39. The van der Waals surface area contributed by atoms with E-state index in [1.165, 1.54) is 0 Å². The Morgan fingerprint density at radius 3 is 2.24 bits per heavy atom. The van der Waals surface area contributed by atoms with Crippen LogP contribution in [0.25, 0.3) is 0 Å². The van der Waals surface area contributed by atoms with Crippen LogP contribution in [0.3, 0.4) is 0 Å².